The van der Waals surface area contributed by atoms with Crippen molar-refractivity contribution in [2.75, 3.05) is 20.3 Å². The predicted octanol–water partition coefficient (Wildman–Crippen LogP) is 0.916. The summed E-state index contributed by atoms with van der Waals surface area (Å²) in [6.45, 7) is 5.02. The van der Waals surface area contributed by atoms with Gasteiger partial charge >= 0.3 is 12.0 Å². The summed E-state index contributed by atoms with van der Waals surface area (Å²) in [5.41, 5.74) is 0. The maximum atomic E-state index is 11.9. The fourth-order valence-electron chi connectivity index (χ4n) is 1.94. The van der Waals surface area contributed by atoms with E-state index in [4.69, 9.17) is 9.84 Å². The van der Waals surface area contributed by atoms with Crippen LogP contribution in [-0.4, -0.2) is 54.4 Å². The number of carbonyl (C=O) groups excluding carboxylic acids is 1. The van der Waals surface area contributed by atoms with Gasteiger partial charge < -0.3 is 20.1 Å². The minimum Gasteiger partial charge on any atom is -0.480 e. The second-order valence-electron chi connectivity index (χ2n) is 5.10. The number of carbonyl (C=O) groups is 2. The first-order chi connectivity index (χ1) is 8.41. The van der Waals surface area contributed by atoms with Gasteiger partial charge in [0.25, 0.3) is 0 Å². The molecular weight excluding hydrogens is 236 g/mol. The lowest BCUT2D eigenvalue weighted by Crippen LogP contribution is -2.50. The van der Waals surface area contributed by atoms with Gasteiger partial charge in [-0.15, -0.1) is 0 Å². The van der Waals surface area contributed by atoms with Crippen molar-refractivity contribution in [3.8, 4) is 0 Å². The third-order valence-corrected chi connectivity index (χ3v) is 3.08. The van der Waals surface area contributed by atoms with E-state index in [0.717, 1.165) is 6.42 Å². The van der Waals surface area contributed by atoms with Gasteiger partial charge in [0, 0.05) is 13.7 Å². The summed E-state index contributed by atoms with van der Waals surface area (Å²) in [7, 11) is 1.67. The summed E-state index contributed by atoms with van der Waals surface area (Å²) in [5, 5.41) is 11.6. The number of carboxylic acids is 1. The number of likely N-dealkylation sites (N-methyl/N-ethyl adjacent to an activating group) is 1. The molecule has 0 aromatic rings. The van der Waals surface area contributed by atoms with Gasteiger partial charge in [-0.25, -0.2) is 9.59 Å². The second-order valence-corrected chi connectivity index (χ2v) is 5.10. The minimum absolute atomic E-state index is 0.0403. The summed E-state index contributed by atoms with van der Waals surface area (Å²) >= 11 is 0. The number of nitrogens with zero attached hydrogens (tertiary/aromatic N) is 1. The Balaban J connectivity index is 2.51. The Morgan fingerprint density at radius 3 is 2.61 bits per heavy atom. The summed E-state index contributed by atoms with van der Waals surface area (Å²) in [4.78, 5) is 24.5. The van der Waals surface area contributed by atoms with Crippen LogP contribution in [0.2, 0.25) is 0 Å². The Labute approximate surface area is 107 Å². The van der Waals surface area contributed by atoms with Crippen LogP contribution in [0.25, 0.3) is 0 Å². The van der Waals surface area contributed by atoms with Gasteiger partial charge in [0.15, 0.2) is 0 Å². The van der Waals surface area contributed by atoms with E-state index in [1.165, 1.54) is 4.90 Å². The molecule has 6 heteroatoms. The van der Waals surface area contributed by atoms with Crippen LogP contribution in [-0.2, 0) is 9.53 Å². The van der Waals surface area contributed by atoms with Crippen molar-refractivity contribution in [1.82, 2.24) is 10.2 Å². The molecule has 1 aliphatic heterocycles. The van der Waals surface area contributed by atoms with E-state index in [1.807, 2.05) is 13.8 Å². The highest BCUT2D eigenvalue weighted by Crippen LogP contribution is 2.11. The van der Waals surface area contributed by atoms with E-state index in [2.05, 4.69) is 5.32 Å². The van der Waals surface area contributed by atoms with Gasteiger partial charge in [-0.1, -0.05) is 13.8 Å². The molecule has 104 valence electrons. The number of carboxylic acid groups (broad SMARTS) is 1. The van der Waals surface area contributed by atoms with Crippen molar-refractivity contribution in [1.29, 1.82) is 0 Å². The molecule has 1 aliphatic rings. The van der Waals surface area contributed by atoms with Crippen molar-refractivity contribution < 1.29 is 19.4 Å². The number of amides is 2. The van der Waals surface area contributed by atoms with E-state index < -0.39 is 12.0 Å². The Bertz CT molecular complexity index is 300. The second kappa shape index (κ2) is 6.58. The zero-order valence-electron chi connectivity index (χ0n) is 11.2. The van der Waals surface area contributed by atoms with E-state index in [-0.39, 0.29) is 18.0 Å². The molecule has 2 unspecified atom stereocenters. The molecule has 0 saturated carbocycles. The average molecular weight is 258 g/mol. The molecule has 1 rings (SSSR count). The zero-order valence-corrected chi connectivity index (χ0v) is 11.2. The topological polar surface area (TPSA) is 78.9 Å². The monoisotopic (exact) mass is 258 g/mol. The minimum atomic E-state index is -0.992. The van der Waals surface area contributed by atoms with Gasteiger partial charge in [0.2, 0.25) is 0 Å². The van der Waals surface area contributed by atoms with Crippen molar-refractivity contribution in [2.24, 2.45) is 5.92 Å². The zero-order chi connectivity index (χ0) is 13.7. The van der Waals surface area contributed by atoms with Gasteiger partial charge in [-0.3, -0.25) is 0 Å². The molecule has 0 spiro atoms. The number of rotatable bonds is 5. The molecule has 18 heavy (non-hydrogen) atoms. The molecule has 2 atom stereocenters. The normalized spacial score (nSPS) is 20.8. The van der Waals surface area contributed by atoms with Crippen LogP contribution in [0.4, 0.5) is 4.79 Å². The molecule has 0 aromatic carbocycles. The van der Waals surface area contributed by atoms with Gasteiger partial charge in [-0.2, -0.15) is 0 Å². The lowest BCUT2D eigenvalue weighted by atomic mass is 10.0. The third kappa shape index (κ3) is 4.18. The summed E-state index contributed by atoms with van der Waals surface area (Å²) in [6, 6.07) is -1.14. The first-order valence-electron chi connectivity index (χ1n) is 6.25. The molecule has 2 N–H and O–H groups in total. The van der Waals surface area contributed by atoms with E-state index >= 15 is 0 Å². The molecule has 0 radical (unpaired) electrons. The molecule has 0 aliphatic carbocycles. The summed E-state index contributed by atoms with van der Waals surface area (Å²) in [6.07, 6.45) is 1.22. The maximum Gasteiger partial charge on any atom is 0.326 e. The number of urea groups is 1. The van der Waals surface area contributed by atoms with Gasteiger partial charge in [-0.05, 0) is 18.8 Å². The lowest BCUT2D eigenvalue weighted by molar-refractivity contribution is -0.139. The van der Waals surface area contributed by atoms with Gasteiger partial charge in [0.05, 0.1) is 12.6 Å². The molecule has 0 bridgehead atoms. The quantitative estimate of drug-likeness (QED) is 0.768. The fourth-order valence-corrected chi connectivity index (χ4v) is 1.94. The highest BCUT2D eigenvalue weighted by atomic mass is 16.5. The Kier molecular flexibility index (Phi) is 5.40. The van der Waals surface area contributed by atoms with E-state index in [1.54, 1.807) is 7.05 Å². The highest BCUT2D eigenvalue weighted by molar-refractivity contribution is 5.82. The number of ether oxygens (including phenoxy) is 1. The molecule has 1 saturated heterocycles. The molecule has 6 nitrogen and oxygen atoms in total. The van der Waals surface area contributed by atoms with Crippen LogP contribution >= 0.6 is 0 Å². The number of hydrogen-bond acceptors (Lipinski definition) is 3. The third-order valence-electron chi connectivity index (χ3n) is 3.08. The summed E-state index contributed by atoms with van der Waals surface area (Å²) < 4.78 is 5.21. The first-order valence-corrected chi connectivity index (χ1v) is 6.25. The first kappa shape index (κ1) is 14.8. The van der Waals surface area contributed by atoms with Crippen LogP contribution < -0.4 is 5.32 Å². The molecule has 2 amide bonds. The Hall–Kier alpha value is -1.30. The van der Waals surface area contributed by atoms with E-state index in [9.17, 15) is 9.59 Å². The Morgan fingerprint density at radius 1 is 1.50 bits per heavy atom. The van der Waals surface area contributed by atoms with Crippen LogP contribution in [0.5, 0.6) is 0 Å². The number of aliphatic carboxylic acids is 1. The van der Waals surface area contributed by atoms with Crippen LogP contribution in [0.15, 0.2) is 0 Å². The summed E-state index contributed by atoms with van der Waals surface area (Å²) in [5.74, 6) is -0.778. The fraction of sp³-hybridized carbons (Fsp3) is 0.833. The number of nitrogens with one attached hydrogen (secondary N) is 1. The smallest absolute Gasteiger partial charge is 0.326 e. The molecule has 0 aromatic heterocycles. The highest BCUT2D eigenvalue weighted by Gasteiger charge is 2.27. The van der Waals surface area contributed by atoms with Crippen molar-refractivity contribution >= 4 is 12.0 Å². The largest absolute Gasteiger partial charge is 0.480 e. The molecular formula is C12H22N2O4. The standard InChI is InChI=1S/C12H22N2O4/c1-8(2)6-10(11(15)16)13-12(17)14(3)9-4-5-18-7-9/h8-10H,4-7H2,1-3H3,(H,13,17)(H,15,16). The Morgan fingerprint density at radius 2 is 2.17 bits per heavy atom. The van der Waals surface area contributed by atoms with Crippen LogP contribution in [0, 0.1) is 5.92 Å². The van der Waals surface area contributed by atoms with E-state index in [0.29, 0.717) is 19.6 Å². The van der Waals surface area contributed by atoms with Crippen molar-refractivity contribution in [3.63, 3.8) is 0 Å². The average Bonchev–Trinajstić information content (AvgIpc) is 2.79. The SMILES string of the molecule is CC(C)CC(NC(=O)N(C)C1CCOC1)C(=O)O. The molecule has 1 fully saturated rings. The van der Waals surface area contributed by atoms with Crippen LogP contribution in [0.3, 0.4) is 0 Å². The van der Waals surface area contributed by atoms with Gasteiger partial charge in [0.1, 0.15) is 6.04 Å². The van der Waals surface area contributed by atoms with Crippen molar-refractivity contribution in [3.05, 3.63) is 0 Å². The van der Waals surface area contributed by atoms with Crippen LogP contribution in [0.1, 0.15) is 26.7 Å². The maximum absolute atomic E-state index is 11.9. The lowest BCUT2D eigenvalue weighted by Gasteiger charge is -2.26. The molecule has 1 heterocycles. The number of hydrogen-bond donors (Lipinski definition) is 2. The predicted molar refractivity (Wildman–Crippen MR) is 66.4 cm³/mol. The van der Waals surface area contributed by atoms with Crippen molar-refractivity contribution in [2.45, 2.75) is 38.8 Å².